The molecule has 0 spiro atoms. The Morgan fingerprint density at radius 1 is 1.12 bits per heavy atom. The molecule has 128 valence electrons. The van der Waals surface area contributed by atoms with Crippen LogP contribution >= 0.6 is 23.2 Å². The number of hydrogen-bond acceptors (Lipinski definition) is 2. The van der Waals surface area contributed by atoms with E-state index in [0.717, 1.165) is 12.1 Å². The molecule has 8 heteroatoms. The molecular formula is C16H12Cl2F3NO2. The first-order valence-electron chi connectivity index (χ1n) is 6.76. The lowest BCUT2D eigenvalue weighted by Crippen LogP contribution is -2.30. The van der Waals surface area contributed by atoms with Gasteiger partial charge in [0.1, 0.15) is 5.75 Å². The normalized spacial score (nSPS) is 12.6. The van der Waals surface area contributed by atoms with Crippen LogP contribution in [0.2, 0.25) is 10.0 Å². The summed E-state index contributed by atoms with van der Waals surface area (Å²) in [7, 11) is 0. The van der Waals surface area contributed by atoms with Gasteiger partial charge in [-0.3, -0.25) is 4.79 Å². The van der Waals surface area contributed by atoms with Crippen molar-refractivity contribution >= 4 is 34.8 Å². The van der Waals surface area contributed by atoms with E-state index in [1.54, 1.807) is 24.3 Å². The summed E-state index contributed by atoms with van der Waals surface area (Å²) in [5.74, 6) is -0.186. The maximum Gasteiger partial charge on any atom is 0.417 e. The van der Waals surface area contributed by atoms with Gasteiger partial charge in [0.25, 0.3) is 5.91 Å². The fourth-order valence-corrected chi connectivity index (χ4v) is 2.19. The lowest BCUT2D eigenvalue weighted by molar-refractivity contribution is -0.137. The predicted molar refractivity (Wildman–Crippen MR) is 86.6 cm³/mol. The van der Waals surface area contributed by atoms with Gasteiger partial charge in [-0.2, -0.15) is 13.2 Å². The van der Waals surface area contributed by atoms with E-state index in [-0.39, 0.29) is 5.69 Å². The van der Waals surface area contributed by atoms with Gasteiger partial charge in [0.2, 0.25) is 0 Å². The number of anilines is 1. The van der Waals surface area contributed by atoms with Crippen molar-refractivity contribution in [1.82, 2.24) is 0 Å². The minimum Gasteiger partial charge on any atom is -0.481 e. The molecule has 24 heavy (non-hydrogen) atoms. The van der Waals surface area contributed by atoms with Gasteiger partial charge in [-0.05, 0) is 49.4 Å². The average molecular weight is 378 g/mol. The molecule has 0 aliphatic heterocycles. The van der Waals surface area contributed by atoms with Crippen molar-refractivity contribution in [1.29, 1.82) is 0 Å². The number of amides is 1. The van der Waals surface area contributed by atoms with Gasteiger partial charge in [0, 0.05) is 10.7 Å². The molecule has 0 heterocycles. The zero-order chi connectivity index (χ0) is 17.9. The zero-order valence-corrected chi connectivity index (χ0v) is 13.8. The van der Waals surface area contributed by atoms with E-state index in [1.165, 1.54) is 13.0 Å². The summed E-state index contributed by atoms with van der Waals surface area (Å²) in [5.41, 5.74) is -1.04. The van der Waals surface area contributed by atoms with Gasteiger partial charge in [0.15, 0.2) is 6.10 Å². The monoisotopic (exact) mass is 377 g/mol. The van der Waals surface area contributed by atoms with E-state index in [4.69, 9.17) is 27.9 Å². The van der Waals surface area contributed by atoms with Crippen molar-refractivity contribution in [2.24, 2.45) is 0 Å². The van der Waals surface area contributed by atoms with Crippen LogP contribution in [-0.2, 0) is 11.0 Å². The number of carbonyl (C=O) groups excluding carboxylic acids is 1. The summed E-state index contributed by atoms with van der Waals surface area (Å²) in [6.07, 6.45) is -5.53. The molecule has 2 aromatic carbocycles. The first-order valence-corrected chi connectivity index (χ1v) is 7.52. The first-order chi connectivity index (χ1) is 11.2. The van der Waals surface area contributed by atoms with Crippen LogP contribution in [0, 0.1) is 0 Å². The lowest BCUT2D eigenvalue weighted by Gasteiger charge is -2.16. The van der Waals surface area contributed by atoms with Gasteiger partial charge >= 0.3 is 6.18 Å². The standard InChI is InChI=1S/C16H12Cl2F3NO2/c1-9(24-12-5-2-10(17)3-6-12)15(23)22-11-4-7-14(18)13(8-11)16(19,20)21/h2-9H,1H3,(H,22,23)/t9-/m0/s1. The molecule has 2 aromatic rings. The molecule has 0 saturated carbocycles. The molecule has 0 aliphatic rings. The Hall–Kier alpha value is -1.92. The Morgan fingerprint density at radius 2 is 1.75 bits per heavy atom. The number of nitrogens with one attached hydrogen (secondary N) is 1. The van der Waals surface area contributed by atoms with Crippen LogP contribution in [-0.4, -0.2) is 12.0 Å². The van der Waals surface area contributed by atoms with Gasteiger partial charge in [-0.25, -0.2) is 0 Å². The average Bonchev–Trinajstić information content (AvgIpc) is 2.50. The van der Waals surface area contributed by atoms with Crippen molar-refractivity contribution < 1.29 is 22.7 Å². The SMILES string of the molecule is C[C@H](Oc1ccc(Cl)cc1)C(=O)Nc1ccc(Cl)c(C(F)(F)F)c1. The summed E-state index contributed by atoms with van der Waals surface area (Å²) in [4.78, 5) is 12.1. The zero-order valence-electron chi connectivity index (χ0n) is 12.3. The largest absolute Gasteiger partial charge is 0.481 e. The fraction of sp³-hybridized carbons (Fsp3) is 0.188. The quantitative estimate of drug-likeness (QED) is 0.772. The van der Waals surface area contributed by atoms with Crippen molar-refractivity contribution in [3.05, 3.63) is 58.1 Å². The fourth-order valence-electron chi connectivity index (χ4n) is 1.83. The highest BCUT2D eigenvalue weighted by molar-refractivity contribution is 6.31. The number of alkyl halides is 3. The molecular weight excluding hydrogens is 366 g/mol. The molecule has 1 N–H and O–H groups in total. The highest BCUT2D eigenvalue weighted by Gasteiger charge is 2.33. The molecule has 1 atom stereocenters. The molecule has 0 aromatic heterocycles. The topological polar surface area (TPSA) is 38.3 Å². The lowest BCUT2D eigenvalue weighted by atomic mass is 10.2. The van der Waals surface area contributed by atoms with Gasteiger partial charge in [-0.1, -0.05) is 23.2 Å². The summed E-state index contributed by atoms with van der Waals surface area (Å²) >= 11 is 11.3. The number of halogens is 5. The van der Waals surface area contributed by atoms with Crippen molar-refractivity contribution in [2.75, 3.05) is 5.32 Å². The second-order valence-electron chi connectivity index (χ2n) is 4.90. The molecule has 0 unspecified atom stereocenters. The number of benzene rings is 2. The maximum absolute atomic E-state index is 12.8. The minimum atomic E-state index is -4.61. The van der Waals surface area contributed by atoms with Crippen LogP contribution in [0.3, 0.4) is 0 Å². The summed E-state index contributed by atoms with van der Waals surface area (Å²) < 4.78 is 43.8. The van der Waals surface area contributed by atoms with Crippen LogP contribution in [0.4, 0.5) is 18.9 Å². The number of carbonyl (C=O) groups is 1. The number of hydrogen-bond donors (Lipinski definition) is 1. The van der Waals surface area contributed by atoms with Gasteiger partial charge in [-0.15, -0.1) is 0 Å². The molecule has 0 aliphatic carbocycles. The first kappa shape index (κ1) is 18.4. The Bertz CT molecular complexity index is 733. The molecule has 0 fully saturated rings. The van der Waals surface area contributed by atoms with Gasteiger partial charge in [0.05, 0.1) is 10.6 Å². The summed E-state index contributed by atoms with van der Waals surface area (Å²) in [5, 5.41) is 2.44. The van der Waals surface area contributed by atoms with Crippen LogP contribution in [0.15, 0.2) is 42.5 Å². The van der Waals surface area contributed by atoms with Crippen molar-refractivity contribution in [3.8, 4) is 5.75 Å². The maximum atomic E-state index is 12.8. The van der Waals surface area contributed by atoms with Crippen LogP contribution in [0.25, 0.3) is 0 Å². The third-order valence-electron chi connectivity index (χ3n) is 3.04. The highest BCUT2D eigenvalue weighted by atomic mass is 35.5. The Balaban J connectivity index is 2.07. The summed E-state index contributed by atoms with van der Waals surface area (Å²) in [6.45, 7) is 1.48. The second-order valence-corrected chi connectivity index (χ2v) is 5.74. The van der Waals surface area contributed by atoms with Crippen LogP contribution in [0.5, 0.6) is 5.75 Å². The number of rotatable bonds is 4. The van der Waals surface area contributed by atoms with E-state index in [1.807, 2.05) is 0 Å². The van der Waals surface area contributed by atoms with E-state index < -0.39 is 28.8 Å². The molecule has 1 amide bonds. The second kappa shape index (κ2) is 7.32. The van der Waals surface area contributed by atoms with E-state index >= 15 is 0 Å². The van der Waals surface area contributed by atoms with Gasteiger partial charge < -0.3 is 10.1 Å². The van der Waals surface area contributed by atoms with E-state index in [9.17, 15) is 18.0 Å². The van der Waals surface area contributed by atoms with Crippen molar-refractivity contribution in [3.63, 3.8) is 0 Å². The summed E-state index contributed by atoms with van der Waals surface area (Å²) in [6, 6.07) is 9.48. The van der Waals surface area contributed by atoms with Crippen molar-refractivity contribution in [2.45, 2.75) is 19.2 Å². The predicted octanol–water partition coefficient (Wildman–Crippen LogP) is 5.42. The van der Waals surface area contributed by atoms with Crippen LogP contribution < -0.4 is 10.1 Å². The highest BCUT2D eigenvalue weighted by Crippen LogP contribution is 2.36. The van der Waals surface area contributed by atoms with E-state index in [2.05, 4.69) is 5.32 Å². The number of ether oxygens (including phenoxy) is 1. The minimum absolute atomic E-state index is 0.0247. The van der Waals surface area contributed by atoms with E-state index in [0.29, 0.717) is 10.8 Å². The smallest absolute Gasteiger partial charge is 0.417 e. The molecule has 3 nitrogen and oxygen atoms in total. The Kier molecular flexibility index (Phi) is 5.62. The molecule has 0 radical (unpaired) electrons. The van der Waals surface area contributed by atoms with Crippen LogP contribution in [0.1, 0.15) is 12.5 Å². The molecule has 0 bridgehead atoms. The molecule has 0 saturated heterocycles. The third-order valence-corrected chi connectivity index (χ3v) is 3.62. The molecule has 2 rings (SSSR count). The Labute approximate surface area is 146 Å². The third kappa shape index (κ3) is 4.79. The Morgan fingerprint density at radius 3 is 2.33 bits per heavy atom.